The lowest BCUT2D eigenvalue weighted by atomic mass is 9.82. The van der Waals surface area contributed by atoms with Crippen LogP contribution in [0.1, 0.15) is 66.2 Å². The van der Waals surface area contributed by atoms with E-state index in [0.717, 1.165) is 38.5 Å². The first kappa shape index (κ1) is 19.6. The van der Waals surface area contributed by atoms with Crippen molar-refractivity contribution in [2.75, 3.05) is 13.2 Å². The number of epoxide rings is 2. The largest absolute Gasteiger partial charge is 0.465 e. The highest BCUT2D eigenvalue weighted by atomic mass is 16.6. The van der Waals surface area contributed by atoms with Gasteiger partial charge in [-0.15, -0.1) is 0 Å². The van der Waals surface area contributed by atoms with Gasteiger partial charge in [-0.05, 0) is 52.4 Å². The number of aliphatic hydroxyl groups is 1. The SMILES string of the molecule is CC(C)(COC(=O)C1CCC2(C)OC2C1)COC(O)C1CCC2(C)OC2C1. The Morgan fingerprint density at radius 3 is 2.37 bits per heavy atom. The van der Waals surface area contributed by atoms with E-state index in [4.69, 9.17) is 18.9 Å². The van der Waals surface area contributed by atoms with Gasteiger partial charge < -0.3 is 24.1 Å². The molecule has 4 rings (SSSR count). The third kappa shape index (κ3) is 4.19. The van der Waals surface area contributed by atoms with E-state index in [1.54, 1.807) is 0 Å². The van der Waals surface area contributed by atoms with Crippen LogP contribution in [-0.2, 0) is 23.7 Å². The smallest absolute Gasteiger partial charge is 0.309 e. The summed E-state index contributed by atoms with van der Waals surface area (Å²) < 4.78 is 22.7. The maximum Gasteiger partial charge on any atom is 0.309 e. The molecule has 6 nitrogen and oxygen atoms in total. The molecule has 0 aromatic heterocycles. The van der Waals surface area contributed by atoms with Gasteiger partial charge in [0.05, 0.1) is 42.5 Å². The topological polar surface area (TPSA) is 80.8 Å². The fraction of sp³-hybridized carbons (Fsp3) is 0.952. The zero-order valence-electron chi connectivity index (χ0n) is 17.0. The van der Waals surface area contributed by atoms with Crippen LogP contribution in [0.3, 0.4) is 0 Å². The van der Waals surface area contributed by atoms with Gasteiger partial charge in [-0.3, -0.25) is 4.79 Å². The van der Waals surface area contributed by atoms with E-state index in [2.05, 4.69) is 13.8 Å². The van der Waals surface area contributed by atoms with Gasteiger partial charge in [0.25, 0.3) is 0 Å². The van der Waals surface area contributed by atoms with Gasteiger partial charge in [0.15, 0.2) is 6.29 Å². The number of ether oxygens (including phenoxy) is 4. The molecule has 6 heteroatoms. The Labute approximate surface area is 161 Å². The molecule has 2 saturated heterocycles. The highest BCUT2D eigenvalue weighted by Gasteiger charge is 2.57. The maximum absolute atomic E-state index is 12.4. The molecule has 0 amide bonds. The Balaban J connectivity index is 1.17. The Hall–Kier alpha value is -0.690. The summed E-state index contributed by atoms with van der Waals surface area (Å²) in [6.45, 7) is 8.91. The molecule has 2 aliphatic heterocycles. The quantitative estimate of drug-likeness (QED) is 0.414. The van der Waals surface area contributed by atoms with Crippen LogP contribution in [0.5, 0.6) is 0 Å². The summed E-state index contributed by atoms with van der Waals surface area (Å²) in [7, 11) is 0. The first-order valence-corrected chi connectivity index (χ1v) is 10.4. The summed E-state index contributed by atoms with van der Waals surface area (Å²) in [6.07, 6.45) is 5.02. The summed E-state index contributed by atoms with van der Waals surface area (Å²) in [4.78, 5) is 12.4. The predicted octanol–water partition coefficient (Wildman–Crippen LogP) is 2.81. The zero-order valence-corrected chi connectivity index (χ0v) is 17.0. The van der Waals surface area contributed by atoms with Gasteiger partial charge in [0.2, 0.25) is 0 Å². The van der Waals surface area contributed by atoms with Gasteiger partial charge in [-0.2, -0.15) is 0 Å². The standard InChI is InChI=1S/C21H34O6/c1-19(2,11-24-17(22)13-5-7-20(3)15(9-13)26-20)12-25-18(23)14-6-8-21(4)16(10-14)27-21/h13-17,22H,5-12H2,1-4H3. The van der Waals surface area contributed by atoms with Crippen LogP contribution in [0.15, 0.2) is 0 Å². The molecule has 2 saturated carbocycles. The third-order valence-corrected chi connectivity index (χ3v) is 7.07. The summed E-state index contributed by atoms with van der Waals surface area (Å²) in [6, 6.07) is 0. The van der Waals surface area contributed by atoms with E-state index < -0.39 is 6.29 Å². The molecule has 7 unspecified atom stereocenters. The van der Waals surface area contributed by atoms with E-state index in [9.17, 15) is 9.90 Å². The first-order chi connectivity index (χ1) is 12.6. The Bertz CT molecular complexity index is 591. The number of rotatable bonds is 7. The third-order valence-electron chi connectivity index (χ3n) is 7.07. The summed E-state index contributed by atoms with van der Waals surface area (Å²) in [5.41, 5.74) is -0.275. The van der Waals surface area contributed by atoms with Gasteiger partial charge in [-0.25, -0.2) is 0 Å². The minimum atomic E-state index is -0.781. The molecule has 4 aliphatic rings. The number of carbonyl (C=O) groups is 1. The van der Waals surface area contributed by atoms with Gasteiger partial charge in [0, 0.05) is 11.3 Å². The van der Waals surface area contributed by atoms with Crippen molar-refractivity contribution in [2.24, 2.45) is 17.3 Å². The molecule has 2 aliphatic carbocycles. The molecule has 27 heavy (non-hydrogen) atoms. The molecule has 4 fully saturated rings. The lowest BCUT2D eigenvalue weighted by Gasteiger charge is -2.31. The normalized spacial score (nSPS) is 44.0. The van der Waals surface area contributed by atoms with Crippen molar-refractivity contribution in [3.05, 3.63) is 0 Å². The van der Waals surface area contributed by atoms with Gasteiger partial charge in [0.1, 0.15) is 0 Å². The molecule has 154 valence electrons. The highest BCUT2D eigenvalue weighted by molar-refractivity contribution is 5.72. The van der Waals surface area contributed by atoms with Crippen molar-refractivity contribution in [3.63, 3.8) is 0 Å². The fourth-order valence-corrected chi connectivity index (χ4v) is 4.66. The Morgan fingerprint density at radius 1 is 1.11 bits per heavy atom. The van der Waals surface area contributed by atoms with Gasteiger partial charge in [-0.1, -0.05) is 13.8 Å². The fourth-order valence-electron chi connectivity index (χ4n) is 4.66. The van der Waals surface area contributed by atoms with Crippen LogP contribution in [0.4, 0.5) is 0 Å². The average molecular weight is 382 g/mol. The summed E-state index contributed by atoms with van der Waals surface area (Å²) in [5.74, 6) is -0.0550. The van der Waals surface area contributed by atoms with Crippen LogP contribution in [0, 0.1) is 17.3 Å². The number of hydrogen-bond acceptors (Lipinski definition) is 6. The molecular formula is C21H34O6. The lowest BCUT2D eigenvalue weighted by molar-refractivity contribution is -0.170. The maximum atomic E-state index is 12.4. The lowest BCUT2D eigenvalue weighted by Crippen LogP contribution is -2.36. The minimum Gasteiger partial charge on any atom is -0.465 e. The molecule has 1 N–H and O–H groups in total. The predicted molar refractivity (Wildman–Crippen MR) is 97.9 cm³/mol. The molecular weight excluding hydrogens is 348 g/mol. The number of fused-ring (bicyclic) bond motifs is 2. The van der Waals surface area contributed by atoms with Crippen LogP contribution < -0.4 is 0 Å². The monoisotopic (exact) mass is 382 g/mol. The molecule has 0 aromatic rings. The minimum absolute atomic E-state index is 0.0160. The van der Waals surface area contributed by atoms with E-state index in [0.29, 0.717) is 13.2 Å². The average Bonchev–Trinajstić information content (AvgIpc) is 3.49. The molecule has 0 radical (unpaired) electrons. The van der Waals surface area contributed by atoms with Crippen molar-refractivity contribution in [1.82, 2.24) is 0 Å². The second kappa shape index (κ2) is 6.68. The van der Waals surface area contributed by atoms with Crippen molar-refractivity contribution in [1.29, 1.82) is 0 Å². The van der Waals surface area contributed by atoms with Crippen LogP contribution in [0.25, 0.3) is 0 Å². The Kier molecular flexibility index (Phi) is 4.86. The number of esters is 1. The summed E-state index contributed by atoms with van der Waals surface area (Å²) >= 11 is 0. The summed E-state index contributed by atoms with van der Waals surface area (Å²) in [5, 5.41) is 10.4. The van der Waals surface area contributed by atoms with Crippen LogP contribution >= 0.6 is 0 Å². The van der Waals surface area contributed by atoms with Gasteiger partial charge >= 0.3 is 5.97 Å². The molecule has 0 aromatic carbocycles. The molecule has 0 bridgehead atoms. The first-order valence-electron chi connectivity index (χ1n) is 10.4. The van der Waals surface area contributed by atoms with Crippen LogP contribution in [-0.4, -0.2) is 54.0 Å². The second-order valence-electron chi connectivity index (χ2n) is 10.3. The molecule has 0 spiro atoms. The van der Waals surface area contributed by atoms with Crippen molar-refractivity contribution >= 4 is 5.97 Å². The van der Waals surface area contributed by atoms with Crippen molar-refractivity contribution < 1.29 is 28.8 Å². The molecule has 7 atom stereocenters. The highest BCUT2D eigenvalue weighted by Crippen LogP contribution is 2.50. The second-order valence-corrected chi connectivity index (χ2v) is 10.3. The number of hydrogen-bond donors (Lipinski definition) is 1. The van der Waals surface area contributed by atoms with Crippen molar-refractivity contribution in [2.45, 2.75) is 95.9 Å². The molecule has 2 heterocycles. The van der Waals surface area contributed by atoms with E-state index in [1.165, 1.54) is 0 Å². The van der Waals surface area contributed by atoms with Crippen molar-refractivity contribution in [3.8, 4) is 0 Å². The van der Waals surface area contributed by atoms with E-state index in [-0.39, 0.29) is 46.6 Å². The van der Waals surface area contributed by atoms with E-state index in [1.807, 2.05) is 13.8 Å². The number of carbonyl (C=O) groups excluding carboxylic acids is 1. The van der Waals surface area contributed by atoms with E-state index >= 15 is 0 Å². The van der Waals surface area contributed by atoms with Crippen LogP contribution in [0.2, 0.25) is 0 Å². The zero-order chi connectivity index (χ0) is 19.4. The Morgan fingerprint density at radius 2 is 1.74 bits per heavy atom. The number of aliphatic hydroxyl groups excluding tert-OH is 1.